The van der Waals surface area contributed by atoms with Crippen LogP contribution in [0.4, 0.5) is 10.2 Å². The highest BCUT2D eigenvalue weighted by Gasteiger charge is 2.34. The van der Waals surface area contributed by atoms with Gasteiger partial charge in [0.2, 0.25) is 0 Å². The molecule has 0 unspecified atom stereocenters. The molecule has 2 aliphatic rings. The van der Waals surface area contributed by atoms with Crippen molar-refractivity contribution in [3.8, 4) is 0 Å². The van der Waals surface area contributed by atoms with E-state index in [4.69, 9.17) is 0 Å². The third kappa shape index (κ3) is 3.11. The Labute approximate surface area is 161 Å². The lowest BCUT2D eigenvalue weighted by atomic mass is 10.3. The predicted octanol–water partition coefficient (Wildman–Crippen LogP) is 2.25. The molecular formula is C19H18FN7O. The number of amidine groups is 1. The Morgan fingerprint density at radius 1 is 1.32 bits per heavy atom. The van der Waals surface area contributed by atoms with Crippen molar-refractivity contribution in [3.63, 3.8) is 0 Å². The molecule has 8 nitrogen and oxygen atoms in total. The van der Waals surface area contributed by atoms with E-state index >= 15 is 0 Å². The first-order chi connectivity index (χ1) is 13.6. The average Bonchev–Trinajstić information content (AvgIpc) is 3.41. The van der Waals surface area contributed by atoms with Crippen molar-refractivity contribution in [2.75, 3.05) is 18.5 Å². The summed E-state index contributed by atoms with van der Waals surface area (Å²) in [5.41, 5.74) is 1.52. The number of fused-ring (bicyclic) bond motifs is 1. The molecule has 28 heavy (non-hydrogen) atoms. The summed E-state index contributed by atoms with van der Waals surface area (Å²) in [5, 5.41) is 4.41. The lowest BCUT2D eigenvalue weighted by molar-refractivity contribution is 0.0994. The lowest BCUT2D eigenvalue weighted by Crippen LogP contribution is -2.26. The zero-order chi connectivity index (χ0) is 19.7. The zero-order valence-electron chi connectivity index (χ0n) is 15.3. The first-order valence-corrected chi connectivity index (χ1v) is 8.73. The molecule has 4 rings (SSSR count). The van der Waals surface area contributed by atoms with Crippen LogP contribution in [0, 0.1) is 5.95 Å². The molecular weight excluding hydrogens is 361 g/mol. The second kappa shape index (κ2) is 7.18. The number of aliphatic imine (C=N–C) groups is 1. The quantitative estimate of drug-likeness (QED) is 0.462. The molecule has 142 valence electrons. The molecule has 2 aromatic heterocycles. The second-order valence-corrected chi connectivity index (χ2v) is 6.27. The van der Waals surface area contributed by atoms with Crippen LogP contribution in [-0.2, 0) is 6.54 Å². The molecule has 4 heterocycles. The van der Waals surface area contributed by atoms with Gasteiger partial charge in [0.15, 0.2) is 5.82 Å². The Kier molecular flexibility index (Phi) is 4.56. The monoisotopic (exact) mass is 379 g/mol. The van der Waals surface area contributed by atoms with E-state index in [1.165, 1.54) is 22.0 Å². The first-order valence-electron chi connectivity index (χ1n) is 8.73. The molecule has 9 heteroatoms. The number of allylic oxidation sites excluding steroid dienone is 2. The zero-order valence-corrected chi connectivity index (χ0v) is 15.3. The second-order valence-electron chi connectivity index (χ2n) is 6.27. The number of halogens is 1. The van der Waals surface area contributed by atoms with Gasteiger partial charge in [-0.3, -0.25) is 14.7 Å². The van der Waals surface area contributed by atoms with Crippen LogP contribution in [0.25, 0.3) is 5.70 Å². The van der Waals surface area contributed by atoms with Crippen LogP contribution < -0.4 is 4.90 Å². The topological polar surface area (TPSA) is 79.5 Å². The van der Waals surface area contributed by atoms with Gasteiger partial charge in [-0.25, -0.2) is 14.6 Å². The Hall–Kier alpha value is -3.62. The number of carbonyl (C=O) groups is 1. The van der Waals surface area contributed by atoms with Crippen molar-refractivity contribution in [2.24, 2.45) is 4.99 Å². The summed E-state index contributed by atoms with van der Waals surface area (Å²) in [6.45, 7) is 5.03. The molecule has 0 aromatic carbocycles. The van der Waals surface area contributed by atoms with Crippen molar-refractivity contribution in [1.82, 2.24) is 24.6 Å². The minimum Gasteiger partial charge on any atom is -0.333 e. The maximum atomic E-state index is 13.9. The van der Waals surface area contributed by atoms with Gasteiger partial charge in [-0.2, -0.15) is 9.49 Å². The van der Waals surface area contributed by atoms with Gasteiger partial charge in [0.25, 0.3) is 11.9 Å². The molecule has 0 saturated carbocycles. The molecule has 1 amide bonds. The maximum Gasteiger partial charge on any atom is 0.263 e. The molecule has 0 fully saturated rings. The maximum absolute atomic E-state index is 13.9. The third-order valence-electron chi connectivity index (χ3n) is 4.53. The summed E-state index contributed by atoms with van der Waals surface area (Å²) in [6.07, 6.45) is 12.9. The SMILES string of the molecule is C=C(/C=C\C(=NC)N1C=CCC1)n1cc2c(n1)CN(c1nccnc1F)C2=O. The molecule has 0 bridgehead atoms. The molecule has 2 aromatic rings. The minimum absolute atomic E-state index is 0.0989. The first kappa shape index (κ1) is 17.8. The van der Waals surface area contributed by atoms with Gasteiger partial charge in [-0.15, -0.1) is 0 Å². The van der Waals surface area contributed by atoms with E-state index in [1.54, 1.807) is 19.3 Å². The summed E-state index contributed by atoms with van der Waals surface area (Å²) in [7, 11) is 1.73. The fraction of sp³-hybridized carbons (Fsp3) is 0.211. The molecule has 0 spiro atoms. The summed E-state index contributed by atoms with van der Waals surface area (Å²) < 4.78 is 15.4. The van der Waals surface area contributed by atoms with E-state index in [0.29, 0.717) is 17.0 Å². The Morgan fingerprint density at radius 3 is 2.82 bits per heavy atom. The van der Waals surface area contributed by atoms with E-state index in [1.807, 2.05) is 17.2 Å². The number of aromatic nitrogens is 4. The van der Waals surface area contributed by atoms with Gasteiger partial charge >= 0.3 is 0 Å². The van der Waals surface area contributed by atoms with E-state index in [-0.39, 0.29) is 18.3 Å². The van der Waals surface area contributed by atoms with Crippen molar-refractivity contribution in [1.29, 1.82) is 0 Å². The largest absolute Gasteiger partial charge is 0.333 e. The highest BCUT2D eigenvalue weighted by Crippen LogP contribution is 2.27. The van der Waals surface area contributed by atoms with Crippen LogP contribution in [0.1, 0.15) is 22.5 Å². The fourth-order valence-corrected chi connectivity index (χ4v) is 3.11. The molecule has 0 saturated heterocycles. The molecule has 0 atom stereocenters. The highest BCUT2D eigenvalue weighted by molar-refractivity contribution is 6.09. The number of nitrogens with zero attached hydrogens (tertiary/aromatic N) is 7. The van der Waals surface area contributed by atoms with Gasteiger partial charge in [0.05, 0.1) is 23.5 Å². The summed E-state index contributed by atoms with van der Waals surface area (Å²) >= 11 is 0. The summed E-state index contributed by atoms with van der Waals surface area (Å²) in [4.78, 5) is 27.6. The fourth-order valence-electron chi connectivity index (χ4n) is 3.11. The molecule has 0 N–H and O–H groups in total. The molecule has 2 aliphatic heterocycles. The van der Waals surface area contributed by atoms with Gasteiger partial charge < -0.3 is 4.90 Å². The van der Waals surface area contributed by atoms with E-state index < -0.39 is 5.95 Å². The number of anilines is 1. The summed E-state index contributed by atoms with van der Waals surface area (Å²) in [6, 6.07) is 0. The number of amides is 1. The number of carbonyl (C=O) groups excluding carboxylic acids is 1. The van der Waals surface area contributed by atoms with Gasteiger partial charge in [0.1, 0.15) is 5.84 Å². The third-order valence-corrected chi connectivity index (χ3v) is 4.53. The standard InChI is InChI=1S/C19H18FN7O/c1-13(5-6-16(21-2)25-9-3-4-10-25)27-11-14-15(24-27)12-26(19(14)28)18-17(20)22-7-8-23-18/h3,5-9,11H,1,4,10,12H2,2H3/b6-5-,21-16?. The Balaban J connectivity index is 1.50. The molecule has 0 radical (unpaired) electrons. The smallest absolute Gasteiger partial charge is 0.263 e. The van der Waals surface area contributed by atoms with Crippen molar-refractivity contribution >= 4 is 23.3 Å². The van der Waals surface area contributed by atoms with Gasteiger partial charge in [-0.1, -0.05) is 12.7 Å². The number of rotatable bonds is 4. The highest BCUT2D eigenvalue weighted by atomic mass is 19.1. The number of hydrogen-bond donors (Lipinski definition) is 0. The van der Waals surface area contributed by atoms with Crippen LogP contribution in [-0.4, -0.2) is 50.0 Å². The van der Waals surface area contributed by atoms with Crippen molar-refractivity contribution in [3.05, 3.63) is 66.8 Å². The van der Waals surface area contributed by atoms with Crippen LogP contribution in [0.15, 0.2) is 54.6 Å². The Bertz CT molecular complexity index is 1040. The van der Waals surface area contributed by atoms with Crippen LogP contribution in [0.2, 0.25) is 0 Å². The lowest BCUT2D eigenvalue weighted by Gasteiger charge is -2.15. The van der Waals surface area contributed by atoms with Crippen LogP contribution >= 0.6 is 0 Å². The van der Waals surface area contributed by atoms with Crippen LogP contribution in [0.3, 0.4) is 0 Å². The van der Waals surface area contributed by atoms with Gasteiger partial charge in [-0.05, 0) is 18.6 Å². The van der Waals surface area contributed by atoms with Crippen molar-refractivity contribution < 1.29 is 9.18 Å². The van der Waals surface area contributed by atoms with Crippen molar-refractivity contribution in [2.45, 2.75) is 13.0 Å². The Morgan fingerprint density at radius 2 is 2.14 bits per heavy atom. The minimum atomic E-state index is -0.788. The van der Waals surface area contributed by atoms with Gasteiger partial charge in [0, 0.05) is 38.4 Å². The van der Waals surface area contributed by atoms with E-state index in [9.17, 15) is 9.18 Å². The summed E-state index contributed by atoms with van der Waals surface area (Å²) in [5.74, 6) is -0.438. The predicted molar refractivity (Wildman–Crippen MR) is 103 cm³/mol. The number of hydrogen-bond acceptors (Lipinski definition) is 5. The average molecular weight is 379 g/mol. The van der Waals surface area contributed by atoms with E-state index in [2.05, 4.69) is 32.7 Å². The van der Waals surface area contributed by atoms with Crippen LogP contribution in [0.5, 0.6) is 0 Å². The molecule has 0 aliphatic carbocycles. The normalized spacial score (nSPS) is 16.5. The van der Waals surface area contributed by atoms with E-state index in [0.717, 1.165) is 18.8 Å².